The summed E-state index contributed by atoms with van der Waals surface area (Å²) in [6, 6.07) is 0. The molecule has 1 aromatic heterocycles. The van der Waals surface area contributed by atoms with Crippen molar-refractivity contribution in [2.24, 2.45) is 5.14 Å². The molecule has 4 atom stereocenters. The van der Waals surface area contributed by atoms with E-state index < -0.39 is 41.8 Å². The number of carbonyl (C=O) groups excluding carboxylic acids is 1. The van der Waals surface area contributed by atoms with Crippen molar-refractivity contribution in [3.8, 4) is 0 Å². The van der Waals surface area contributed by atoms with Crippen LogP contribution in [0.2, 0.25) is 0 Å². The summed E-state index contributed by atoms with van der Waals surface area (Å²) in [4.78, 5) is 36.1. The molecule has 11 nitrogen and oxygen atoms in total. The van der Waals surface area contributed by atoms with Crippen LogP contribution in [0.4, 0.5) is 0 Å². The maximum Gasteiger partial charge on any atom is 0.347 e. The number of unbranched alkanes of at least 4 members (excludes halogenated alkanes) is 1. The number of H-pyrrole nitrogens is 1. The van der Waals surface area contributed by atoms with E-state index in [4.69, 9.17) is 9.47 Å². The molecule has 0 aliphatic carbocycles. The number of thiol groups is 1. The third kappa shape index (κ3) is 5.64. The molecule has 2 rings (SSSR count). The highest BCUT2D eigenvalue weighted by Crippen LogP contribution is 2.27. The van der Waals surface area contributed by atoms with Gasteiger partial charge in [0.1, 0.15) is 31.1 Å². The highest BCUT2D eigenvalue weighted by Gasteiger charge is 2.45. The van der Waals surface area contributed by atoms with Crippen molar-refractivity contribution >= 4 is 18.8 Å². The van der Waals surface area contributed by atoms with E-state index in [1.54, 1.807) is 0 Å². The molecule has 0 amide bonds. The van der Waals surface area contributed by atoms with Crippen LogP contribution in [0.15, 0.2) is 15.8 Å². The van der Waals surface area contributed by atoms with E-state index >= 15 is 0 Å². The number of esters is 1. The Morgan fingerprint density at radius 1 is 1.44 bits per heavy atom. The molecule has 4 unspecified atom stereocenters. The lowest BCUT2D eigenvalue weighted by Gasteiger charge is -2.15. The molecule has 0 radical (unpaired) electrons. The summed E-state index contributed by atoms with van der Waals surface area (Å²) in [5.41, 5.74) is -1.57. The van der Waals surface area contributed by atoms with Gasteiger partial charge in [-0.1, -0.05) is 13.3 Å². The minimum atomic E-state index is -1.45. The molecule has 0 bridgehead atoms. The van der Waals surface area contributed by atoms with Gasteiger partial charge < -0.3 is 19.7 Å². The van der Waals surface area contributed by atoms with Gasteiger partial charge in [0.15, 0.2) is 6.23 Å². The van der Waals surface area contributed by atoms with Crippen molar-refractivity contribution in [3.63, 3.8) is 0 Å². The van der Waals surface area contributed by atoms with Gasteiger partial charge in [-0.15, -0.1) is 12.8 Å². The maximum atomic E-state index is 11.7. The first-order chi connectivity index (χ1) is 11.9. The second-order valence-corrected chi connectivity index (χ2v) is 5.22. The summed E-state index contributed by atoms with van der Waals surface area (Å²) in [7, 11) is 0. The molecule has 1 aliphatic heterocycles. The van der Waals surface area contributed by atoms with E-state index in [1.807, 2.05) is 11.9 Å². The highest BCUT2D eigenvalue weighted by molar-refractivity contribution is 7.77. The standard InChI is InChI=1S/C13H19N3O7.H3NS/c1-2-3-4-9(18)22-6-7-10(19)11(20)12(23-7)16-13(21)15-8(17)5-14-16;1-2/h5,7,10-12,19-20H,2-4,6H2,1H3,(H,15,17,21);2H,1H2. The molecule has 1 saturated heterocycles. The van der Waals surface area contributed by atoms with Gasteiger partial charge in [-0.05, 0) is 6.42 Å². The second-order valence-electron chi connectivity index (χ2n) is 5.22. The fourth-order valence-electron chi connectivity index (χ4n) is 2.18. The predicted molar refractivity (Wildman–Crippen MR) is 88.7 cm³/mol. The zero-order chi connectivity index (χ0) is 19.0. The van der Waals surface area contributed by atoms with E-state index in [9.17, 15) is 24.6 Å². The quantitative estimate of drug-likeness (QED) is 0.279. The van der Waals surface area contributed by atoms with Crippen molar-refractivity contribution in [2.45, 2.75) is 50.7 Å². The number of aromatic nitrogens is 3. The van der Waals surface area contributed by atoms with Crippen molar-refractivity contribution in [1.29, 1.82) is 0 Å². The van der Waals surface area contributed by atoms with Crippen LogP contribution < -0.4 is 16.4 Å². The number of carbonyl (C=O) groups is 1. The predicted octanol–water partition coefficient (Wildman–Crippen LogP) is -1.93. The number of rotatable bonds is 6. The largest absolute Gasteiger partial charge is 0.463 e. The fourth-order valence-corrected chi connectivity index (χ4v) is 2.18. The highest BCUT2D eigenvalue weighted by atomic mass is 32.1. The molecule has 0 saturated carbocycles. The Morgan fingerprint density at radius 3 is 2.72 bits per heavy atom. The molecule has 1 fully saturated rings. The SMILES string of the molecule is CCCCC(=O)OCC1OC(n2ncc(=O)[nH]c2=O)C(O)C1O.NS. The van der Waals surface area contributed by atoms with Crippen LogP contribution in [0.1, 0.15) is 32.4 Å². The van der Waals surface area contributed by atoms with Crippen molar-refractivity contribution in [2.75, 3.05) is 6.61 Å². The molecule has 5 N–H and O–H groups in total. The Balaban J connectivity index is 0.00000151. The molecular weight excluding hydrogens is 356 g/mol. The summed E-state index contributed by atoms with van der Waals surface area (Å²) in [5.74, 6) is -0.431. The summed E-state index contributed by atoms with van der Waals surface area (Å²) in [6.45, 7) is 1.68. The van der Waals surface area contributed by atoms with Crippen LogP contribution in [0, 0.1) is 0 Å². The zero-order valence-corrected chi connectivity index (χ0v) is 14.5. The van der Waals surface area contributed by atoms with E-state index in [0.29, 0.717) is 11.1 Å². The van der Waals surface area contributed by atoms with Crippen LogP contribution in [0.5, 0.6) is 0 Å². The average Bonchev–Trinajstić information content (AvgIpc) is 2.88. The lowest BCUT2D eigenvalue weighted by atomic mass is 10.1. The molecule has 1 aliphatic rings. The number of nitrogens with one attached hydrogen (secondary N) is 1. The summed E-state index contributed by atoms with van der Waals surface area (Å²) in [5, 5.41) is 27.7. The van der Waals surface area contributed by atoms with E-state index in [2.05, 4.69) is 23.1 Å². The van der Waals surface area contributed by atoms with Crippen molar-refractivity contribution in [3.05, 3.63) is 27.0 Å². The average molecular weight is 378 g/mol. The molecule has 0 aromatic carbocycles. The summed E-state index contributed by atoms with van der Waals surface area (Å²) in [6.07, 6.45) is -2.46. The lowest BCUT2D eigenvalue weighted by Crippen LogP contribution is -2.39. The van der Waals surface area contributed by atoms with Gasteiger partial charge in [0, 0.05) is 6.42 Å². The lowest BCUT2D eigenvalue weighted by molar-refractivity contribution is -0.150. The maximum absolute atomic E-state index is 11.7. The summed E-state index contributed by atoms with van der Waals surface area (Å²) >= 11 is 3.03. The molecule has 142 valence electrons. The van der Waals surface area contributed by atoms with Gasteiger partial charge in [-0.3, -0.25) is 19.7 Å². The van der Waals surface area contributed by atoms with Gasteiger partial charge in [0.05, 0.1) is 0 Å². The van der Waals surface area contributed by atoms with Crippen LogP contribution in [-0.4, -0.2) is 55.9 Å². The van der Waals surface area contributed by atoms with Gasteiger partial charge in [0.2, 0.25) is 0 Å². The van der Waals surface area contributed by atoms with Crippen LogP contribution in [0.3, 0.4) is 0 Å². The molecule has 12 heteroatoms. The number of hydrogen-bond donors (Lipinski definition) is 5. The van der Waals surface area contributed by atoms with Gasteiger partial charge in [0.25, 0.3) is 5.56 Å². The Labute approximate surface area is 148 Å². The minimum absolute atomic E-state index is 0.255. The first-order valence-electron chi connectivity index (χ1n) is 7.55. The Bertz CT molecular complexity index is 664. The molecular formula is C13H22N4O7S. The normalized spacial score (nSPS) is 25.2. The number of ether oxygens (including phenoxy) is 2. The fraction of sp³-hybridized carbons (Fsp3) is 0.692. The smallest absolute Gasteiger partial charge is 0.347 e. The Kier molecular flexibility index (Phi) is 8.78. The van der Waals surface area contributed by atoms with Gasteiger partial charge in [-0.2, -0.15) is 9.78 Å². The number of aliphatic hydroxyl groups is 2. The minimum Gasteiger partial charge on any atom is -0.463 e. The second kappa shape index (κ2) is 10.3. The number of nitrogens with two attached hydrogens (primary N) is 1. The van der Waals surface area contributed by atoms with Gasteiger partial charge >= 0.3 is 11.7 Å². The number of hydrogen-bond acceptors (Lipinski definition) is 10. The molecule has 0 spiro atoms. The number of aromatic amines is 1. The summed E-state index contributed by atoms with van der Waals surface area (Å²) < 4.78 is 11.0. The Hall–Kier alpha value is -1.73. The van der Waals surface area contributed by atoms with Crippen LogP contribution in [0.25, 0.3) is 0 Å². The topological polar surface area (TPSA) is 170 Å². The molecule has 2 heterocycles. The zero-order valence-electron chi connectivity index (χ0n) is 13.6. The number of nitrogens with zero attached hydrogens (tertiary/aromatic N) is 2. The van der Waals surface area contributed by atoms with E-state index in [0.717, 1.165) is 12.6 Å². The van der Waals surface area contributed by atoms with E-state index in [-0.39, 0.29) is 13.0 Å². The van der Waals surface area contributed by atoms with E-state index in [1.165, 1.54) is 0 Å². The van der Waals surface area contributed by atoms with Crippen LogP contribution >= 0.6 is 12.8 Å². The van der Waals surface area contributed by atoms with Crippen molar-refractivity contribution < 1.29 is 24.5 Å². The molecule has 1 aromatic rings. The van der Waals surface area contributed by atoms with Gasteiger partial charge in [-0.25, -0.2) is 4.79 Å². The van der Waals surface area contributed by atoms with Crippen LogP contribution in [-0.2, 0) is 14.3 Å². The molecule has 25 heavy (non-hydrogen) atoms. The Morgan fingerprint density at radius 2 is 2.12 bits per heavy atom. The number of aliphatic hydroxyl groups excluding tert-OH is 2. The monoisotopic (exact) mass is 378 g/mol. The third-order valence-corrected chi connectivity index (χ3v) is 3.46. The third-order valence-electron chi connectivity index (χ3n) is 3.46. The van der Waals surface area contributed by atoms with Crippen molar-refractivity contribution in [1.82, 2.24) is 14.8 Å². The first kappa shape index (κ1) is 21.3. The first-order valence-corrected chi connectivity index (χ1v) is 8.07.